The first kappa shape index (κ1) is 7.03. The van der Waals surface area contributed by atoms with Crippen molar-refractivity contribution in [3.8, 4) is 0 Å². The number of nitrogens with one attached hydrogen (secondary N) is 1. The molecule has 0 aromatic heterocycles. The van der Waals surface area contributed by atoms with Crippen LogP contribution in [0, 0.1) is 12.3 Å². The molecule has 1 heterocycles. The molecule has 0 bridgehead atoms. The Morgan fingerprint density at radius 1 is 1.67 bits per heavy atom. The van der Waals surface area contributed by atoms with Crippen molar-refractivity contribution in [2.75, 3.05) is 6.54 Å². The van der Waals surface area contributed by atoms with Crippen molar-refractivity contribution in [2.45, 2.75) is 26.0 Å². The molecule has 2 atom stereocenters. The lowest BCUT2D eigenvalue weighted by Gasteiger charge is -2.27. The summed E-state index contributed by atoms with van der Waals surface area (Å²) in [7, 11) is 0. The van der Waals surface area contributed by atoms with Gasteiger partial charge in [-0.25, -0.2) is 0 Å². The van der Waals surface area contributed by atoms with E-state index in [2.05, 4.69) is 11.7 Å². The highest BCUT2D eigenvalue weighted by Crippen LogP contribution is 2.16. The minimum atomic E-state index is -0.288. The first-order valence-corrected chi connectivity index (χ1v) is 3.55. The third-order valence-electron chi connectivity index (χ3n) is 1.90. The highest BCUT2D eigenvalue weighted by Gasteiger charge is 2.19. The molecule has 0 aromatic carbocycles. The molecule has 0 aromatic rings. The standard InChI is InChI=1S/C7H14NO/c1-2-6-4-3-5-8-7(6)9/h2,6-9H,3-5H2,1H3. The lowest BCUT2D eigenvalue weighted by Crippen LogP contribution is -2.40. The molecule has 1 aliphatic rings. The maximum absolute atomic E-state index is 9.23. The second kappa shape index (κ2) is 3.18. The van der Waals surface area contributed by atoms with Crippen molar-refractivity contribution < 1.29 is 5.11 Å². The Morgan fingerprint density at radius 3 is 2.89 bits per heavy atom. The summed E-state index contributed by atoms with van der Waals surface area (Å²) in [5.74, 6) is 0.374. The van der Waals surface area contributed by atoms with Crippen LogP contribution in [0.4, 0.5) is 0 Å². The van der Waals surface area contributed by atoms with E-state index >= 15 is 0 Å². The summed E-state index contributed by atoms with van der Waals surface area (Å²) < 4.78 is 0. The van der Waals surface area contributed by atoms with Gasteiger partial charge in [0, 0.05) is 5.92 Å². The predicted octanol–water partition coefficient (Wildman–Crippen LogP) is 0.529. The summed E-state index contributed by atoms with van der Waals surface area (Å²) in [5, 5.41) is 12.2. The SMILES string of the molecule is C[CH]C1CCCNC1O. The molecule has 2 N–H and O–H groups in total. The summed E-state index contributed by atoms with van der Waals surface area (Å²) in [6.45, 7) is 2.96. The van der Waals surface area contributed by atoms with Crippen molar-refractivity contribution in [2.24, 2.45) is 5.92 Å². The fourth-order valence-corrected chi connectivity index (χ4v) is 1.25. The number of aliphatic hydroxyl groups is 1. The molecule has 0 saturated carbocycles. The van der Waals surface area contributed by atoms with Crippen molar-refractivity contribution in [1.82, 2.24) is 5.32 Å². The Bertz CT molecular complexity index is 85.0. The maximum atomic E-state index is 9.23. The van der Waals surface area contributed by atoms with Gasteiger partial charge in [0.25, 0.3) is 0 Å². The Labute approximate surface area is 56.3 Å². The summed E-state index contributed by atoms with van der Waals surface area (Å²) in [6.07, 6.45) is 4.09. The van der Waals surface area contributed by atoms with Gasteiger partial charge >= 0.3 is 0 Å². The number of aliphatic hydroxyl groups excluding tert-OH is 1. The van der Waals surface area contributed by atoms with Gasteiger partial charge in [-0.3, -0.25) is 5.32 Å². The van der Waals surface area contributed by atoms with Crippen LogP contribution in [-0.4, -0.2) is 17.9 Å². The zero-order valence-corrected chi connectivity index (χ0v) is 5.80. The monoisotopic (exact) mass is 128 g/mol. The molecule has 1 fully saturated rings. The van der Waals surface area contributed by atoms with Gasteiger partial charge in [-0.2, -0.15) is 0 Å². The second-order valence-electron chi connectivity index (χ2n) is 2.54. The molecule has 1 rings (SSSR count). The van der Waals surface area contributed by atoms with Crippen LogP contribution in [0.15, 0.2) is 0 Å². The van der Waals surface area contributed by atoms with Crippen molar-refractivity contribution >= 4 is 0 Å². The minimum absolute atomic E-state index is 0.288. The largest absolute Gasteiger partial charge is 0.378 e. The quantitative estimate of drug-likeness (QED) is 0.540. The molecule has 53 valence electrons. The van der Waals surface area contributed by atoms with Gasteiger partial charge in [0.15, 0.2) is 0 Å². The van der Waals surface area contributed by atoms with Crippen LogP contribution in [0.3, 0.4) is 0 Å². The van der Waals surface area contributed by atoms with E-state index in [1.54, 1.807) is 0 Å². The van der Waals surface area contributed by atoms with Gasteiger partial charge in [0.2, 0.25) is 0 Å². The Hall–Kier alpha value is -0.0800. The van der Waals surface area contributed by atoms with Crippen LogP contribution in [0.1, 0.15) is 19.8 Å². The van der Waals surface area contributed by atoms with Crippen molar-refractivity contribution in [3.05, 3.63) is 6.42 Å². The molecule has 2 heteroatoms. The van der Waals surface area contributed by atoms with Crippen LogP contribution in [-0.2, 0) is 0 Å². The minimum Gasteiger partial charge on any atom is -0.378 e. The number of hydrogen-bond donors (Lipinski definition) is 2. The first-order chi connectivity index (χ1) is 4.34. The normalized spacial score (nSPS) is 36.7. The van der Waals surface area contributed by atoms with Gasteiger partial charge in [0.05, 0.1) is 0 Å². The molecular formula is C7H14NO. The Morgan fingerprint density at radius 2 is 2.44 bits per heavy atom. The third kappa shape index (κ3) is 1.66. The van der Waals surface area contributed by atoms with Crippen molar-refractivity contribution in [3.63, 3.8) is 0 Å². The molecular weight excluding hydrogens is 114 g/mol. The topological polar surface area (TPSA) is 32.3 Å². The molecule has 2 nitrogen and oxygen atoms in total. The highest BCUT2D eigenvalue weighted by atomic mass is 16.3. The maximum Gasteiger partial charge on any atom is 0.108 e. The summed E-state index contributed by atoms with van der Waals surface area (Å²) >= 11 is 0. The average molecular weight is 128 g/mol. The predicted molar refractivity (Wildman–Crippen MR) is 36.7 cm³/mol. The molecule has 1 saturated heterocycles. The van der Waals surface area contributed by atoms with E-state index in [1.807, 2.05) is 6.92 Å². The van der Waals surface area contributed by atoms with Crippen LogP contribution < -0.4 is 5.32 Å². The fraction of sp³-hybridized carbons (Fsp3) is 0.857. The van der Waals surface area contributed by atoms with E-state index in [4.69, 9.17) is 0 Å². The molecule has 1 radical (unpaired) electrons. The number of hydrogen-bond acceptors (Lipinski definition) is 2. The van der Waals surface area contributed by atoms with E-state index in [-0.39, 0.29) is 6.23 Å². The Kier molecular flexibility index (Phi) is 2.49. The fourth-order valence-electron chi connectivity index (χ4n) is 1.25. The van der Waals surface area contributed by atoms with Gasteiger partial charge in [-0.05, 0) is 25.8 Å². The lowest BCUT2D eigenvalue weighted by molar-refractivity contribution is 0.0648. The Balaban J connectivity index is 2.30. The number of piperidine rings is 1. The molecule has 1 aliphatic heterocycles. The summed E-state index contributed by atoms with van der Waals surface area (Å²) in [5.41, 5.74) is 0. The average Bonchev–Trinajstić information content (AvgIpc) is 1.89. The van der Waals surface area contributed by atoms with Crippen LogP contribution in [0.5, 0.6) is 0 Å². The van der Waals surface area contributed by atoms with Crippen LogP contribution >= 0.6 is 0 Å². The van der Waals surface area contributed by atoms with Crippen LogP contribution in [0.25, 0.3) is 0 Å². The smallest absolute Gasteiger partial charge is 0.108 e. The molecule has 0 amide bonds. The van der Waals surface area contributed by atoms with Gasteiger partial charge in [-0.1, -0.05) is 6.92 Å². The summed E-state index contributed by atoms with van der Waals surface area (Å²) in [4.78, 5) is 0. The molecule has 0 spiro atoms. The van der Waals surface area contributed by atoms with E-state index < -0.39 is 0 Å². The van der Waals surface area contributed by atoms with E-state index in [0.29, 0.717) is 5.92 Å². The first-order valence-electron chi connectivity index (χ1n) is 3.55. The molecule has 0 aliphatic carbocycles. The van der Waals surface area contributed by atoms with E-state index in [9.17, 15) is 5.11 Å². The van der Waals surface area contributed by atoms with Crippen LogP contribution in [0.2, 0.25) is 0 Å². The third-order valence-corrected chi connectivity index (χ3v) is 1.90. The van der Waals surface area contributed by atoms with E-state index in [1.165, 1.54) is 6.42 Å². The van der Waals surface area contributed by atoms with Crippen molar-refractivity contribution in [1.29, 1.82) is 0 Å². The van der Waals surface area contributed by atoms with Gasteiger partial charge in [0.1, 0.15) is 6.23 Å². The zero-order chi connectivity index (χ0) is 6.69. The number of rotatable bonds is 1. The highest BCUT2D eigenvalue weighted by molar-refractivity contribution is 4.80. The van der Waals surface area contributed by atoms with Gasteiger partial charge in [-0.15, -0.1) is 0 Å². The second-order valence-corrected chi connectivity index (χ2v) is 2.54. The molecule has 9 heavy (non-hydrogen) atoms. The van der Waals surface area contributed by atoms with Gasteiger partial charge < -0.3 is 5.11 Å². The lowest BCUT2D eigenvalue weighted by atomic mass is 9.95. The zero-order valence-electron chi connectivity index (χ0n) is 5.80. The van der Waals surface area contributed by atoms with E-state index in [0.717, 1.165) is 13.0 Å². The summed E-state index contributed by atoms with van der Waals surface area (Å²) in [6, 6.07) is 0. The molecule has 2 unspecified atom stereocenters.